The summed E-state index contributed by atoms with van der Waals surface area (Å²) in [5.41, 5.74) is 0.659. The van der Waals surface area contributed by atoms with Crippen molar-refractivity contribution in [2.24, 2.45) is 0 Å². The predicted octanol–water partition coefficient (Wildman–Crippen LogP) is 1.30. The van der Waals surface area contributed by atoms with Crippen LogP contribution in [0.1, 0.15) is 10.6 Å². The molecule has 0 radical (unpaired) electrons. The molecular weight excluding hydrogens is 222 g/mol. The molecule has 0 N–H and O–H groups in total. The summed E-state index contributed by atoms with van der Waals surface area (Å²) < 4.78 is 2.40. The maximum atomic E-state index is 10.5. The smallest absolute Gasteiger partial charge is 0.202 e. The van der Waals surface area contributed by atoms with Crippen LogP contribution in [0.25, 0.3) is 5.65 Å². The Morgan fingerprint density at radius 1 is 1.42 bits per heavy atom. The van der Waals surface area contributed by atoms with Gasteiger partial charge in [-0.05, 0) is 28.1 Å². The zero-order valence-corrected chi connectivity index (χ0v) is 7.52. The topological polar surface area (TPSA) is 47.3 Å². The summed E-state index contributed by atoms with van der Waals surface area (Å²) in [4.78, 5) is 10.5. The van der Waals surface area contributed by atoms with Crippen molar-refractivity contribution >= 4 is 27.9 Å². The number of fused-ring (bicyclic) bond motifs is 1. The maximum Gasteiger partial charge on any atom is 0.202 e. The van der Waals surface area contributed by atoms with Gasteiger partial charge in [-0.15, -0.1) is 10.2 Å². The van der Waals surface area contributed by atoms with Crippen LogP contribution in [-0.4, -0.2) is 20.9 Å². The Morgan fingerprint density at radius 2 is 2.25 bits per heavy atom. The Balaban J connectivity index is 2.91. The molecule has 0 atom stereocenters. The molecule has 0 aliphatic rings. The van der Waals surface area contributed by atoms with Crippen LogP contribution in [-0.2, 0) is 0 Å². The Bertz CT molecular complexity index is 437. The van der Waals surface area contributed by atoms with Gasteiger partial charge in [-0.2, -0.15) is 0 Å². The van der Waals surface area contributed by atoms with Gasteiger partial charge in [0.1, 0.15) is 0 Å². The Hall–Kier alpha value is -1.23. The van der Waals surface area contributed by atoms with E-state index in [9.17, 15) is 4.79 Å². The van der Waals surface area contributed by atoms with Gasteiger partial charge in [0.25, 0.3) is 0 Å². The lowest BCUT2D eigenvalue weighted by atomic mass is 10.5. The highest BCUT2D eigenvalue weighted by molar-refractivity contribution is 9.10. The Kier molecular flexibility index (Phi) is 1.65. The van der Waals surface area contributed by atoms with Crippen molar-refractivity contribution in [2.45, 2.75) is 0 Å². The number of rotatable bonds is 1. The molecule has 0 fully saturated rings. The molecule has 0 aliphatic carbocycles. The van der Waals surface area contributed by atoms with Crippen LogP contribution >= 0.6 is 15.9 Å². The molecular formula is C7H4BrN3O. The maximum absolute atomic E-state index is 10.5. The van der Waals surface area contributed by atoms with Crippen molar-refractivity contribution < 1.29 is 4.79 Å². The van der Waals surface area contributed by atoms with Gasteiger partial charge in [-0.3, -0.25) is 9.20 Å². The molecule has 0 aromatic carbocycles. The highest BCUT2D eigenvalue weighted by Gasteiger charge is 2.05. The molecule has 2 aromatic heterocycles. The quantitative estimate of drug-likeness (QED) is 0.543. The summed E-state index contributed by atoms with van der Waals surface area (Å²) in [6.07, 6.45) is 0.671. The van der Waals surface area contributed by atoms with Crippen molar-refractivity contribution in [3.8, 4) is 0 Å². The number of hydrogen-bond donors (Lipinski definition) is 0. The van der Waals surface area contributed by atoms with Gasteiger partial charge in [-0.1, -0.05) is 6.07 Å². The van der Waals surface area contributed by atoms with E-state index in [4.69, 9.17) is 0 Å². The monoisotopic (exact) mass is 225 g/mol. The molecule has 2 aromatic rings. The third-order valence-corrected chi connectivity index (χ3v) is 2.13. The van der Waals surface area contributed by atoms with E-state index in [0.717, 1.165) is 4.60 Å². The molecule has 0 bridgehead atoms. The average Bonchev–Trinajstić information content (AvgIpc) is 2.49. The van der Waals surface area contributed by atoms with Crippen LogP contribution < -0.4 is 0 Å². The van der Waals surface area contributed by atoms with Crippen LogP contribution in [0.15, 0.2) is 22.8 Å². The summed E-state index contributed by atoms with van der Waals surface area (Å²) in [7, 11) is 0. The first-order chi connectivity index (χ1) is 5.83. The number of hydrogen-bond acceptors (Lipinski definition) is 3. The number of carbonyl (C=O) groups excluding carboxylic acids is 1. The second kappa shape index (κ2) is 2.67. The zero-order valence-electron chi connectivity index (χ0n) is 5.94. The van der Waals surface area contributed by atoms with Crippen molar-refractivity contribution in [3.05, 3.63) is 28.6 Å². The molecule has 2 heterocycles. The standard InChI is InChI=1S/C7H4BrN3O/c8-5-2-1-3-6-9-10-7(4-12)11(5)6/h1-4H. The van der Waals surface area contributed by atoms with Crippen LogP contribution in [0.2, 0.25) is 0 Å². The van der Waals surface area contributed by atoms with Crippen molar-refractivity contribution in [1.82, 2.24) is 14.6 Å². The minimum absolute atomic E-state index is 0.303. The zero-order chi connectivity index (χ0) is 8.55. The number of aldehydes is 1. The highest BCUT2D eigenvalue weighted by Crippen LogP contribution is 2.12. The van der Waals surface area contributed by atoms with Crippen LogP contribution in [0.4, 0.5) is 0 Å². The van der Waals surface area contributed by atoms with Gasteiger partial charge in [0.15, 0.2) is 11.9 Å². The van der Waals surface area contributed by atoms with E-state index in [1.54, 1.807) is 10.5 Å². The first-order valence-electron chi connectivity index (χ1n) is 3.28. The molecule has 60 valence electrons. The average molecular weight is 226 g/mol. The molecule has 12 heavy (non-hydrogen) atoms. The molecule has 0 unspecified atom stereocenters. The Labute approximate surface area is 76.4 Å². The molecule has 0 spiro atoms. The second-order valence-corrected chi connectivity index (χ2v) is 3.03. The fourth-order valence-corrected chi connectivity index (χ4v) is 1.52. The second-order valence-electron chi connectivity index (χ2n) is 2.22. The van der Waals surface area contributed by atoms with E-state index in [-0.39, 0.29) is 0 Å². The molecule has 5 heteroatoms. The number of pyridine rings is 1. The summed E-state index contributed by atoms with van der Waals surface area (Å²) in [6, 6.07) is 5.44. The molecule has 2 rings (SSSR count). The van der Waals surface area contributed by atoms with E-state index in [2.05, 4.69) is 26.1 Å². The van der Waals surface area contributed by atoms with E-state index < -0.39 is 0 Å². The van der Waals surface area contributed by atoms with Crippen molar-refractivity contribution in [1.29, 1.82) is 0 Å². The summed E-state index contributed by atoms with van der Waals surface area (Å²) in [5.74, 6) is 0.303. The van der Waals surface area contributed by atoms with Gasteiger partial charge < -0.3 is 0 Å². The fourth-order valence-electron chi connectivity index (χ4n) is 1.00. The molecule has 0 aliphatic heterocycles. The number of nitrogens with zero attached hydrogens (tertiary/aromatic N) is 3. The van der Waals surface area contributed by atoms with Gasteiger partial charge in [-0.25, -0.2) is 0 Å². The van der Waals surface area contributed by atoms with Gasteiger partial charge in [0.05, 0.1) is 4.60 Å². The lowest BCUT2D eigenvalue weighted by Gasteiger charge is -1.95. The van der Waals surface area contributed by atoms with Gasteiger partial charge in [0.2, 0.25) is 5.82 Å². The predicted molar refractivity (Wildman–Crippen MR) is 46.1 cm³/mol. The molecule has 0 saturated heterocycles. The van der Waals surface area contributed by atoms with E-state index in [0.29, 0.717) is 17.8 Å². The Morgan fingerprint density at radius 3 is 3.00 bits per heavy atom. The molecule has 0 saturated carbocycles. The largest absolute Gasteiger partial charge is 0.294 e. The van der Waals surface area contributed by atoms with Gasteiger partial charge >= 0.3 is 0 Å². The van der Waals surface area contributed by atoms with E-state index in [1.807, 2.05) is 12.1 Å². The summed E-state index contributed by atoms with van der Waals surface area (Å²) in [5, 5.41) is 7.49. The third-order valence-electron chi connectivity index (χ3n) is 1.51. The fraction of sp³-hybridized carbons (Fsp3) is 0. The minimum atomic E-state index is 0.303. The molecule has 0 amide bonds. The first kappa shape index (κ1) is 7.42. The summed E-state index contributed by atoms with van der Waals surface area (Å²) in [6.45, 7) is 0. The third kappa shape index (κ3) is 0.937. The summed E-state index contributed by atoms with van der Waals surface area (Å²) >= 11 is 3.29. The lowest BCUT2D eigenvalue weighted by molar-refractivity contribution is 0.111. The number of carbonyl (C=O) groups is 1. The number of halogens is 1. The first-order valence-corrected chi connectivity index (χ1v) is 4.07. The normalized spacial score (nSPS) is 10.4. The minimum Gasteiger partial charge on any atom is -0.294 e. The van der Waals surface area contributed by atoms with Crippen LogP contribution in [0.5, 0.6) is 0 Å². The van der Waals surface area contributed by atoms with Crippen molar-refractivity contribution in [3.63, 3.8) is 0 Å². The van der Waals surface area contributed by atoms with Crippen LogP contribution in [0, 0.1) is 0 Å². The van der Waals surface area contributed by atoms with Crippen LogP contribution in [0.3, 0.4) is 0 Å². The highest BCUT2D eigenvalue weighted by atomic mass is 79.9. The van der Waals surface area contributed by atoms with Gasteiger partial charge in [0, 0.05) is 0 Å². The SMILES string of the molecule is O=Cc1nnc2cccc(Br)n12. The molecule has 4 nitrogen and oxygen atoms in total. The van der Waals surface area contributed by atoms with E-state index in [1.165, 1.54) is 0 Å². The van der Waals surface area contributed by atoms with Crippen molar-refractivity contribution in [2.75, 3.05) is 0 Å². The van der Waals surface area contributed by atoms with E-state index >= 15 is 0 Å². The lowest BCUT2D eigenvalue weighted by Crippen LogP contribution is -1.93. The number of aromatic nitrogens is 3.